The summed E-state index contributed by atoms with van der Waals surface area (Å²) in [4.78, 5) is 0. The summed E-state index contributed by atoms with van der Waals surface area (Å²) in [5.41, 5.74) is 11.1. The molecule has 0 heterocycles. The molecule has 0 aliphatic carbocycles. The van der Waals surface area contributed by atoms with Crippen molar-refractivity contribution in [1.29, 1.82) is 0 Å². The number of hydrogen-bond acceptors (Lipinski definition) is 0. The summed E-state index contributed by atoms with van der Waals surface area (Å²) in [5.74, 6) is 1.23. The Bertz CT molecular complexity index is 1830. The summed E-state index contributed by atoms with van der Waals surface area (Å²) in [7, 11) is 11.0. The van der Waals surface area contributed by atoms with E-state index in [0.29, 0.717) is 11.8 Å². The molecule has 6 aromatic rings. The van der Waals surface area contributed by atoms with Gasteiger partial charge in [-0.3, -0.25) is 0 Å². The Labute approximate surface area is 318 Å². The van der Waals surface area contributed by atoms with Gasteiger partial charge in [0, 0.05) is 9.52 Å². The van der Waals surface area contributed by atoms with Crippen LogP contribution in [0.15, 0.2) is 109 Å². The van der Waals surface area contributed by atoms with Gasteiger partial charge >= 0.3 is 37.9 Å². The van der Waals surface area contributed by atoms with Gasteiger partial charge in [-0.2, -0.15) is 12.1 Å². The van der Waals surface area contributed by atoms with E-state index in [4.69, 9.17) is 17.0 Å². The second kappa shape index (κ2) is 20.0. The Morgan fingerprint density at radius 2 is 1.18 bits per heavy atom. The zero-order valence-corrected chi connectivity index (χ0v) is 36.2. The Balaban J connectivity index is 0.000000230. The van der Waals surface area contributed by atoms with Crippen molar-refractivity contribution in [2.75, 3.05) is 0 Å². The van der Waals surface area contributed by atoms with Gasteiger partial charge < -0.3 is 0 Å². The Hall–Kier alpha value is -2.22. The van der Waals surface area contributed by atoms with Gasteiger partial charge in [0.25, 0.3) is 0 Å². The fourth-order valence-corrected chi connectivity index (χ4v) is 6.23. The molecule has 0 aromatic heterocycles. The third-order valence-electron chi connectivity index (χ3n) is 8.91. The van der Waals surface area contributed by atoms with Crippen LogP contribution in [0.4, 0.5) is 0 Å². The van der Waals surface area contributed by atoms with Gasteiger partial charge in [-0.25, -0.2) is 0 Å². The number of rotatable bonds is 6. The van der Waals surface area contributed by atoms with Crippen molar-refractivity contribution < 1.29 is 20.8 Å². The van der Waals surface area contributed by atoms with Crippen molar-refractivity contribution in [3.05, 3.63) is 131 Å². The first-order valence-electron chi connectivity index (χ1n) is 17.5. The van der Waals surface area contributed by atoms with Crippen LogP contribution in [0.1, 0.15) is 95.4 Å². The average Bonchev–Trinajstić information content (AvgIpc) is 3.69. The first-order valence-corrected chi connectivity index (χ1v) is 25.8. The monoisotopic (exact) mass is 782 g/mol. The van der Waals surface area contributed by atoms with Crippen molar-refractivity contribution in [2.24, 2.45) is 0 Å². The molecule has 0 saturated heterocycles. The Morgan fingerprint density at radius 3 is 1.65 bits per heavy atom. The Kier molecular flexibility index (Phi) is 16.8. The van der Waals surface area contributed by atoms with Gasteiger partial charge in [0.15, 0.2) is 0 Å². The van der Waals surface area contributed by atoms with E-state index in [0.717, 1.165) is 9.52 Å². The molecular weight excluding hydrogens is 731 g/mol. The molecule has 0 bridgehead atoms. The van der Waals surface area contributed by atoms with E-state index < -0.39 is 20.8 Å². The van der Waals surface area contributed by atoms with Crippen molar-refractivity contribution in [2.45, 2.75) is 98.6 Å². The van der Waals surface area contributed by atoms with Crippen molar-refractivity contribution in [3.63, 3.8) is 0 Å². The summed E-state index contributed by atoms with van der Waals surface area (Å²) < 4.78 is 0. The van der Waals surface area contributed by atoms with Crippen LogP contribution in [0, 0.1) is 6.92 Å². The molecule has 0 nitrogen and oxygen atoms in total. The first-order chi connectivity index (χ1) is 23.4. The fraction of sp³-hybridized carbons (Fsp3) is 0.333. The summed E-state index contributed by atoms with van der Waals surface area (Å²) in [5, 5.41) is 5.45. The second-order valence-electron chi connectivity index (χ2n) is 14.3. The van der Waals surface area contributed by atoms with Crippen LogP contribution >= 0.6 is 17.0 Å². The van der Waals surface area contributed by atoms with Crippen molar-refractivity contribution >= 4 is 48.1 Å². The van der Waals surface area contributed by atoms with Crippen LogP contribution in [0.25, 0.3) is 43.8 Å². The maximum absolute atomic E-state index is 4.93. The fourth-order valence-electron chi connectivity index (χ4n) is 6.23. The van der Waals surface area contributed by atoms with Gasteiger partial charge in [-0.1, -0.05) is 147 Å². The van der Waals surface area contributed by atoms with E-state index in [1.165, 1.54) is 78.9 Å². The zero-order valence-electron chi connectivity index (χ0n) is 31.2. The summed E-state index contributed by atoms with van der Waals surface area (Å²) in [6, 6.07) is 40.6. The molecule has 256 valence electrons. The molecule has 0 saturated carbocycles. The van der Waals surface area contributed by atoms with E-state index in [9.17, 15) is 0 Å². The molecule has 0 aliphatic heterocycles. The summed E-state index contributed by atoms with van der Waals surface area (Å²) >= 11 is -0.826. The average molecular weight is 785 g/mol. The molecular formula is C45H54Cl2SiZr. The molecule has 6 aromatic carbocycles. The van der Waals surface area contributed by atoms with E-state index in [1.54, 1.807) is 0 Å². The number of fused-ring (bicyclic) bond motifs is 2. The van der Waals surface area contributed by atoms with Gasteiger partial charge in [-0.15, -0.1) is 69.1 Å². The third kappa shape index (κ3) is 11.7. The van der Waals surface area contributed by atoms with Gasteiger partial charge in [0.2, 0.25) is 0 Å². The van der Waals surface area contributed by atoms with E-state index in [-0.39, 0.29) is 5.41 Å². The van der Waals surface area contributed by atoms with Crippen LogP contribution in [-0.2, 0) is 26.3 Å². The molecule has 6 rings (SSSR count). The molecule has 0 spiro atoms. The first kappa shape index (κ1) is 41.2. The van der Waals surface area contributed by atoms with Crippen molar-refractivity contribution in [1.82, 2.24) is 0 Å². The normalized spacial score (nSPS) is 11.5. The SMILES string of the molecule is CCCC(C)c1cc2c(-c3ccc(C(C)C)cc3)cccc2[cH-]1.C[Si]C.Cc1cc2c(-c3ccc(C(C)(C)C)cc3)cccc2[cH-]1.[Cl][Zr+2][Cl]. The van der Waals surface area contributed by atoms with Crippen LogP contribution in [0.2, 0.25) is 13.1 Å². The molecule has 2 radical (unpaired) electrons. The number of halogens is 2. The number of hydrogen-bond donors (Lipinski definition) is 0. The van der Waals surface area contributed by atoms with E-state index in [1.807, 2.05) is 0 Å². The molecule has 0 aliphatic rings. The number of aryl methyl sites for hydroxylation is 1. The van der Waals surface area contributed by atoms with Gasteiger partial charge in [0.05, 0.1) is 0 Å². The van der Waals surface area contributed by atoms with Crippen LogP contribution < -0.4 is 0 Å². The molecule has 1 unspecified atom stereocenters. The maximum atomic E-state index is 4.93. The standard InChI is InChI=1S/C23H27.C20H21.C2H6Si.2ClH.Zr/c1-5-7-17(4)21-14-20-8-6-9-22(23(20)15-21)19-12-10-18(11-13-19)16(2)3;1-14-12-16-6-5-7-18(19(16)13-14)15-8-10-17(11-9-15)20(2,3)4;1-3-2;;;/h6,8-17H,5,7H2,1-4H3;5-13H,1-4H3;1-2H3;2*1H;/q2*-1;;;;+4/p-2. The summed E-state index contributed by atoms with van der Waals surface area (Å²) in [6.45, 7) is 22.3. The number of benzene rings is 4. The third-order valence-corrected chi connectivity index (χ3v) is 8.91. The molecule has 0 N–H and O–H groups in total. The second-order valence-corrected chi connectivity index (χ2v) is 19.0. The molecule has 49 heavy (non-hydrogen) atoms. The summed E-state index contributed by atoms with van der Waals surface area (Å²) in [6.07, 6.45) is 2.50. The molecule has 4 heteroatoms. The van der Waals surface area contributed by atoms with Gasteiger partial charge in [0.1, 0.15) is 0 Å². The van der Waals surface area contributed by atoms with Crippen LogP contribution in [0.3, 0.4) is 0 Å². The van der Waals surface area contributed by atoms with Crippen LogP contribution in [-0.4, -0.2) is 9.52 Å². The predicted molar refractivity (Wildman–Crippen MR) is 220 cm³/mol. The minimum atomic E-state index is -0.826. The van der Waals surface area contributed by atoms with Gasteiger partial charge in [-0.05, 0) is 45.9 Å². The Morgan fingerprint density at radius 1 is 0.714 bits per heavy atom. The van der Waals surface area contributed by atoms with Crippen LogP contribution in [0.5, 0.6) is 0 Å². The topological polar surface area (TPSA) is 0 Å². The van der Waals surface area contributed by atoms with E-state index >= 15 is 0 Å². The zero-order chi connectivity index (χ0) is 36.1. The molecule has 1 atom stereocenters. The minimum absolute atomic E-state index is 0.210. The molecule has 0 fully saturated rings. The molecule has 0 amide bonds. The predicted octanol–water partition coefficient (Wildman–Crippen LogP) is 15.2. The quantitative estimate of drug-likeness (QED) is 0.117. The van der Waals surface area contributed by atoms with Crippen molar-refractivity contribution in [3.8, 4) is 22.3 Å². The van der Waals surface area contributed by atoms with E-state index in [2.05, 4.69) is 178 Å².